The summed E-state index contributed by atoms with van der Waals surface area (Å²) >= 11 is 3.37. The average Bonchev–Trinajstić information content (AvgIpc) is 2.72. The van der Waals surface area contributed by atoms with Gasteiger partial charge < -0.3 is 9.47 Å². The zero-order valence-electron chi connectivity index (χ0n) is 16.3. The molecule has 2 aromatic carbocycles. The molecule has 2 aromatic rings. The van der Waals surface area contributed by atoms with Gasteiger partial charge in [0, 0.05) is 4.47 Å². The van der Waals surface area contributed by atoms with Crippen molar-refractivity contribution in [1.29, 1.82) is 0 Å². The first-order valence-electron chi connectivity index (χ1n) is 9.79. The Morgan fingerprint density at radius 2 is 1.29 bits per heavy atom. The summed E-state index contributed by atoms with van der Waals surface area (Å²) in [4.78, 5) is 24.2. The van der Waals surface area contributed by atoms with Crippen LogP contribution in [0.25, 0.3) is 0 Å². The van der Waals surface area contributed by atoms with E-state index in [1.807, 2.05) is 24.3 Å². The summed E-state index contributed by atoms with van der Waals surface area (Å²) < 4.78 is 11.6. The number of hydrogen-bond acceptors (Lipinski definition) is 4. The highest BCUT2D eigenvalue weighted by Gasteiger charge is 2.11. The van der Waals surface area contributed by atoms with Crippen LogP contribution in [0.3, 0.4) is 0 Å². The van der Waals surface area contributed by atoms with Gasteiger partial charge in [-0.15, -0.1) is 0 Å². The lowest BCUT2D eigenvalue weighted by Gasteiger charge is -2.07. The van der Waals surface area contributed by atoms with E-state index in [0.717, 1.165) is 22.9 Å². The van der Waals surface area contributed by atoms with Crippen LogP contribution >= 0.6 is 15.9 Å². The third-order valence-electron chi connectivity index (χ3n) is 4.37. The van der Waals surface area contributed by atoms with E-state index in [9.17, 15) is 9.59 Å². The first-order valence-corrected chi connectivity index (χ1v) is 10.6. The number of rotatable bonds is 11. The van der Waals surface area contributed by atoms with E-state index in [1.54, 1.807) is 24.3 Å². The molecule has 0 saturated heterocycles. The van der Waals surface area contributed by atoms with Crippen LogP contribution in [0.1, 0.15) is 71.7 Å². The van der Waals surface area contributed by atoms with Crippen LogP contribution in [0.4, 0.5) is 0 Å². The van der Waals surface area contributed by atoms with Crippen molar-refractivity contribution in [3.05, 3.63) is 69.7 Å². The van der Waals surface area contributed by atoms with Gasteiger partial charge in [-0.3, -0.25) is 0 Å². The van der Waals surface area contributed by atoms with Crippen molar-refractivity contribution in [3.63, 3.8) is 0 Å². The molecule has 0 unspecified atom stereocenters. The third kappa shape index (κ3) is 7.85. The summed E-state index contributed by atoms with van der Waals surface area (Å²) in [5.74, 6) is -0.779. The van der Waals surface area contributed by atoms with E-state index in [2.05, 4.69) is 22.9 Å². The number of ether oxygens (including phenoxy) is 2. The van der Waals surface area contributed by atoms with Crippen molar-refractivity contribution in [3.8, 4) is 0 Å². The molecule has 0 fully saturated rings. The normalized spacial score (nSPS) is 10.5. The maximum Gasteiger partial charge on any atom is 0.338 e. The molecule has 5 heteroatoms. The van der Waals surface area contributed by atoms with Crippen molar-refractivity contribution < 1.29 is 19.1 Å². The molecule has 4 nitrogen and oxygen atoms in total. The Morgan fingerprint density at radius 3 is 1.89 bits per heavy atom. The zero-order valence-corrected chi connectivity index (χ0v) is 17.9. The molecule has 0 aliphatic heterocycles. The number of carbonyl (C=O) groups is 2. The molecule has 28 heavy (non-hydrogen) atoms. The van der Waals surface area contributed by atoms with E-state index in [1.165, 1.54) is 25.7 Å². The van der Waals surface area contributed by atoms with Crippen molar-refractivity contribution in [1.82, 2.24) is 0 Å². The molecule has 0 N–H and O–H groups in total. The molecule has 2 rings (SSSR count). The Bertz CT molecular complexity index is 738. The highest BCUT2D eigenvalue weighted by molar-refractivity contribution is 9.10. The van der Waals surface area contributed by atoms with Crippen LogP contribution < -0.4 is 0 Å². The van der Waals surface area contributed by atoms with Crippen LogP contribution in [0.15, 0.2) is 53.0 Å². The fraction of sp³-hybridized carbons (Fsp3) is 0.391. The molecule has 0 atom stereocenters. The zero-order chi connectivity index (χ0) is 20.2. The average molecular weight is 447 g/mol. The van der Waals surface area contributed by atoms with Crippen LogP contribution in [0, 0.1) is 0 Å². The third-order valence-corrected chi connectivity index (χ3v) is 4.90. The lowest BCUT2D eigenvalue weighted by Crippen LogP contribution is -2.08. The highest BCUT2D eigenvalue weighted by atomic mass is 79.9. The van der Waals surface area contributed by atoms with Gasteiger partial charge in [-0.25, -0.2) is 9.59 Å². The van der Waals surface area contributed by atoms with E-state index in [4.69, 9.17) is 9.47 Å². The van der Waals surface area contributed by atoms with Crippen molar-refractivity contribution in [2.24, 2.45) is 0 Å². The first-order chi connectivity index (χ1) is 13.6. The summed E-state index contributed by atoms with van der Waals surface area (Å²) in [7, 11) is 0. The number of benzene rings is 2. The highest BCUT2D eigenvalue weighted by Crippen LogP contribution is 2.13. The van der Waals surface area contributed by atoms with Gasteiger partial charge in [-0.1, -0.05) is 67.1 Å². The van der Waals surface area contributed by atoms with Crippen LogP contribution in [-0.4, -0.2) is 18.5 Å². The molecule has 0 radical (unpaired) electrons. The summed E-state index contributed by atoms with van der Waals surface area (Å²) in [6.07, 6.45) is 6.87. The van der Waals surface area contributed by atoms with E-state index >= 15 is 0 Å². The van der Waals surface area contributed by atoms with Crippen LogP contribution in [0.5, 0.6) is 0 Å². The maximum absolute atomic E-state index is 12.1. The molecule has 0 heterocycles. The van der Waals surface area contributed by atoms with E-state index in [0.29, 0.717) is 17.7 Å². The standard InChI is InChI=1S/C23H27BrO4/c1-2-3-4-5-6-7-16-27-22(25)19-10-12-20(13-11-19)23(26)28-17-18-8-14-21(24)15-9-18/h8-15H,2-7,16-17H2,1H3. The van der Waals surface area contributed by atoms with Gasteiger partial charge in [0.15, 0.2) is 0 Å². The molecular weight excluding hydrogens is 420 g/mol. The Kier molecular flexibility index (Phi) is 9.77. The molecule has 0 spiro atoms. The summed E-state index contributed by atoms with van der Waals surface area (Å²) in [6, 6.07) is 13.9. The van der Waals surface area contributed by atoms with Gasteiger partial charge in [0.25, 0.3) is 0 Å². The predicted octanol–water partition coefficient (Wildman–Crippen LogP) is 6.32. The Morgan fingerprint density at radius 1 is 0.750 bits per heavy atom. The summed E-state index contributed by atoms with van der Waals surface area (Å²) in [5, 5.41) is 0. The minimum absolute atomic E-state index is 0.203. The number of esters is 2. The van der Waals surface area contributed by atoms with Gasteiger partial charge >= 0.3 is 11.9 Å². The van der Waals surface area contributed by atoms with Crippen LogP contribution in [-0.2, 0) is 16.1 Å². The van der Waals surface area contributed by atoms with E-state index in [-0.39, 0.29) is 12.6 Å². The number of unbranched alkanes of at least 4 members (excludes halogenated alkanes) is 5. The lowest BCUT2D eigenvalue weighted by atomic mass is 10.1. The van der Waals surface area contributed by atoms with Gasteiger partial charge in [-0.2, -0.15) is 0 Å². The Labute approximate surface area is 175 Å². The Hall–Kier alpha value is -2.14. The van der Waals surface area contributed by atoms with Crippen molar-refractivity contribution >= 4 is 27.9 Å². The van der Waals surface area contributed by atoms with Crippen molar-refractivity contribution in [2.45, 2.75) is 52.1 Å². The molecule has 0 bridgehead atoms. The molecule has 150 valence electrons. The minimum Gasteiger partial charge on any atom is -0.462 e. The number of hydrogen-bond donors (Lipinski definition) is 0. The maximum atomic E-state index is 12.1. The lowest BCUT2D eigenvalue weighted by molar-refractivity contribution is 0.0466. The summed E-state index contributed by atoms with van der Waals surface area (Å²) in [5.41, 5.74) is 1.76. The van der Waals surface area contributed by atoms with Gasteiger partial charge in [-0.05, 0) is 48.4 Å². The second kappa shape index (κ2) is 12.3. The first kappa shape index (κ1) is 22.2. The fourth-order valence-corrected chi connectivity index (χ4v) is 2.95. The van der Waals surface area contributed by atoms with Gasteiger partial charge in [0.05, 0.1) is 17.7 Å². The Balaban J connectivity index is 1.73. The molecule has 0 aliphatic rings. The molecular formula is C23H27BrO4. The van der Waals surface area contributed by atoms with Gasteiger partial charge in [0.2, 0.25) is 0 Å². The van der Waals surface area contributed by atoms with Gasteiger partial charge in [0.1, 0.15) is 6.61 Å². The minimum atomic E-state index is -0.421. The second-order valence-electron chi connectivity index (χ2n) is 6.68. The largest absolute Gasteiger partial charge is 0.462 e. The smallest absolute Gasteiger partial charge is 0.338 e. The predicted molar refractivity (Wildman–Crippen MR) is 113 cm³/mol. The quantitative estimate of drug-likeness (QED) is 0.299. The number of halogens is 1. The fourth-order valence-electron chi connectivity index (χ4n) is 2.69. The second-order valence-corrected chi connectivity index (χ2v) is 7.60. The van der Waals surface area contributed by atoms with Crippen molar-refractivity contribution in [2.75, 3.05) is 6.61 Å². The molecule has 0 aliphatic carbocycles. The van der Waals surface area contributed by atoms with Crippen LogP contribution in [0.2, 0.25) is 0 Å². The van der Waals surface area contributed by atoms with E-state index < -0.39 is 5.97 Å². The molecule has 0 aromatic heterocycles. The summed E-state index contributed by atoms with van der Waals surface area (Å²) in [6.45, 7) is 2.82. The molecule has 0 saturated carbocycles. The topological polar surface area (TPSA) is 52.6 Å². The SMILES string of the molecule is CCCCCCCCOC(=O)c1ccc(C(=O)OCc2ccc(Br)cc2)cc1. The molecule has 0 amide bonds. The number of carbonyl (C=O) groups excluding carboxylic acids is 2. The monoisotopic (exact) mass is 446 g/mol.